The molecule has 0 bridgehead atoms. The van der Waals surface area contributed by atoms with Gasteiger partial charge in [0.15, 0.2) is 0 Å². The van der Waals surface area contributed by atoms with Crippen LogP contribution in [-0.4, -0.2) is 0 Å². The summed E-state index contributed by atoms with van der Waals surface area (Å²) in [5.41, 5.74) is 4.75. The van der Waals surface area contributed by atoms with E-state index in [4.69, 9.17) is 0 Å². The zero-order valence-electron chi connectivity index (χ0n) is 14.1. The predicted molar refractivity (Wildman–Crippen MR) is 114 cm³/mol. The molecule has 0 saturated carbocycles. The van der Waals surface area contributed by atoms with Crippen molar-refractivity contribution in [3.8, 4) is 11.1 Å². The fraction of sp³-hybridized carbons (Fsp3) is 0. The maximum atomic E-state index is 3.61. The third-order valence-corrected chi connectivity index (χ3v) is 5.87. The zero-order chi connectivity index (χ0) is 17.3. The van der Waals surface area contributed by atoms with Crippen molar-refractivity contribution in [1.82, 2.24) is 0 Å². The molecule has 1 heterocycles. The van der Waals surface area contributed by atoms with E-state index in [0.29, 0.717) is 0 Å². The standard InChI is InChI=1S/C24H17NS/c1-3-9-17(10-4-1)23-21(25-18-11-5-2-6-12-18)16-15-20-19-13-7-8-14-22(19)26-24(20)23/h1-16,25H. The van der Waals surface area contributed by atoms with Crippen LogP contribution in [0.5, 0.6) is 0 Å². The van der Waals surface area contributed by atoms with Crippen LogP contribution >= 0.6 is 11.3 Å². The number of fused-ring (bicyclic) bond motifs is 3. The summed E-state index contributed by atoms with van der Waals surface area (Å²) in [6.45, 7) is 0. The molecule has 26 heavy (non-hydrogen) atoms. The van der Waals surface area contributed by atoms with Gasteiger partial charge in [0.2, 0.25) is 0 Å². The quantitative estimate of drug-likeness (QED) is 0.355. The summed E-state index contributed by atoms with van der Waals surface area (Å²) < 4.78 is 2.66. The minimum Gasteiger partial charge on any atom is -0.355 e. The molecular formula is C24H17NS. The molecule has 1 aromatic heterocycles. The molecule has 5 rings (SSSR count). The first-order valence-electron chi connectivity index (χ1n) is 8.72. The van der Waals surface area contributed by atoms with Crippen molar-refractivity contribution in [3.05, 3.63) is 97.1 Å². The number of benzene rings is 4. The fourth-order valence-corrected chi connectivity index (χ4v) is 4.73. The van der Waals surface area contributed by atoms with Crippen LogP contribution in [0.25, 0.3) is 31.3 Å². The monoisotopic (exact) mass is 351 g/mol. The molecule has 5 aromatic rings. The van der Waals surface area contributed by atoms with Gasteiger partial charge in [0, 0.05) is 37.1 Å². The van der Waals surface area contributed by atoms with Gasteiger partial charge in [0.25, 0.3) is 0 Å². The number of rotatable bonds is 3. The molecule has 0 unspecified atom stereocenters. The Morgan fingerprint density at radius 3 is 2.08 bits per heavy atom. The summed E-state index contributed by atoms with van der Waals surface area (Å²) in [4.78, 5) is 0. The van der Waals surface area contributed by atoms with Crippen LogP contribution in [0.15, 0.2) is 97.1 Å². The van der Waals surface area contributed by atoms with Crippen LogP contribution in [-0.2, 0) is 0 Å². The highest BCUT2D eigenvalue weighted by atomic mass is 32.1. The molecule has 0 saturated heterocycles. The topological polar surface area (TPSA) is 12.0 Å². The molecule has 0 aliphatic rings. The Morgan fingerprint density at radius 1 is 0.577 bits per heavy atom. The highest BCUT2D eigenvalue weighted by Crippen LogP contribution is 2.44. The molecule has 2 heteroatoms. The summed E-state index contributed by atoms with van der Waals surface area (Å²) in [6, 6.07) is 34.1. The van der Waals surface area contributed by atoms with E-state index >= 15 is 0 Å². The molecule has 124 valence electrons. The van der Waals surface area contributed by atoms with E-state index in [2.05, 4.69) is 96.3 Å². The zero-order valence-corrected chi connectivity index (χ0v) is 15.0. The van der Waals surface area contributed by atoms with Gasteiger partial charge in [-0.15, -0.1) is 11.3 Å². The highest BCUT2D eigenvalue weighted by molar-refractivity contribution is 7.26. The summed E-state index contributed by atoms with van der Waals surface area (Å²) in [5, 5.41) is 6.27. The summed E-state index contributed by atoms with van der Waals surface area (Å²) >= 11 is 1.87. The third kappa shape index (κ3) is 2.56. The molecule has 0 radical (unpaired) electrons. The first kappa shape index (κ1) is 15.2. The molecule has 0 atom stereocenters. The lowest BCUT2D eigenvalue weighted by molar-refractivity contribution is 1.56. The molecule has 0 aliphatic carbocycles. The van der Waals surface area contributed by atoms with E-state index in [1.165, 1.54) is 31.3 Å². The first-order valence-corrected chi connectivity index (χ1v) is 9.53. The van der Waals surface area contributed by atoms with Crippen LogP contribution in [0.4, 0.5) is 11.4 Å². The van der Waals surface area contributed by atoms with Crippen molar-refractivity contribution in [2.24, 2.45) is 0 Å². The van der Waals surface area contributed by atoms with Gasteiger partial charge in [-0.25, -0.2) is 0 Å². The molecule has 0 fully saturated rings. The Hall–Kier alpha value is -3.10. The Kier molecular flexibility index (Phi) is 3.69. The molecule has 1 N–H and O–H groups in total. The number of nitrogens with one attached hydrogen (secondary N) is 1. The molecule has 0 spiro atoms. The molecule has 1 nitrogen and oxygen atoms in total. The smallest absolute Gasteiger partial charge is 0.0478 e. The third-order valence-electron chi connectivity index (χ3n) is 4.66. The van der Waals surface area contributed by atoms with Crippen molar-refractivity contribution in [1.29, 1.82) is 0 Å². The second-order valence-corrected chi connectivity index (χ2v) is 7.37. The Balaban J connectivity index is 1.80. The summed E-state index contributed by atoms with van der Waals surface area (Å²) in [6.07, 6.45) is 0. The average molecular weight is 351 g/mol. The van der Waals surface area contributed by atoms with Crippen LogP contribution in [0.3, 0.4) is 0 Å². The van der Waals surface area contributed by atoms with Gasteiger partial charge in [-0.3, -0.25) is 0 Å². The normalized spacial score (nSPS) is 11.1. The lowest BCUT2D eigenvalue weighted by Crippen LogP contribution is -1.93. The van der Waals surface area contributed by atoms with E-state index in [0.717, 1.165) is 11.4 Å². The molecular weight excluding hydrogens is 334 g/mol. The minimum atomic E-state index is 1.10. The molecule has 0 aliphatic heterocycles. The average Bonchev–Trinajstić information content (AvgIpc) is 3.08. The van der Waals surface area contributed by atoms with Gasteiger partial charge in [0.1, 0.15) is 0 Å². The first-order chi connectivity index (χ1) is 12.9. The van der Waals surface area contributed by atoms with Crippen molar-refractivity contribution >= 4 is 42.9 Å². The number of hydrogen-bond acceptors (Lipinski definition) is 2. The van der Waals surface area contributed by atoms with Gasteiger partial charge in [0.05, 0.1) is 0 Å². The van der Waals surface area contributed by atoms with Gasteiger partial charge in [-0.05, 0) is 29.8 Å². The van der Waals surface area contributed by atoms with Crippen molar-refractivity contribution in [3.63, 3.8) is 0 Å². The summed E-state index contributed by atoms with van der Waals surface area (Å²) in [5.74, 6) is 0. The lowest BCUT2D eigenvalue weighted by atomic mass is 10.0. The number of thiophene rings is 1. The number of hydrogen-bond donors (Lipinski definition) is 1. The van der Waals surface area contributed by atoms with E-state index < -0.39 is 0 Å². The second kappa shape index (κ2) is 6.32. The fourth-order valence-electron chi connectivity index (χ4n) is 3.46. The van der Waals surface area contributed by atoms with Crippen LogP contribution in [0.2, 0.25) is 0 Å². The van der Waals surface area contributed by atoms with Crippen molar-refractivity contribution < 1.29 is 0 Å². The number of anilines is 2. The highest BCUT2D eigenvalue weighted by Gasteiger charge is 2.14. The van der Waals surface area contributed by atoms with E-state index in [1.54, 1.807) is 0 Å². The lowest BCUT2D eigenvalue weighted by Gasteiger charge is -2.14. The molecule has 0 amide bonds. The van der Waals surface area contributed by atoms with E-state index in [-0.39, 0.29) is 0 Å². The Morgan fingerprint density at radius 2 is 1.27 bits per heavy atom. The van der Waals surface area contributed by atoms with Crippen molar-refractivity contribution in [2.45, 2.75) is 0 Å². The second-order valence-electron chi connectivity index (χ2n) is 6.32. The van der Waals surface area contributed by atoms with Gasteiger partial charge in [-0.1, -0.05) is 72.8 Å². The largest absolute Gasteiger partial charge is 0.355 e. The van der Waals surface area contributed by atoms with Crippen LogP contribution < -0.4 is 5.32 Å². The predicted octanol–water partition coefficient (Wildman–Crippen LogP) is 7.47. The SMILES string of the molecule is c1ccc(Nc2ccc3c(sc4ccccc43)c2-c2ccccc2)cc1. The van der Waals surface area contributed by atoms with Crippen LogP contribution in [0.1, 0.15) is 0 Å². The van der Waals surface area contributed by atoms with E-state index in [1.807, 2.05) is 17.4 Å². The maximum Gasteiger partial charge on any atom is 0.0478 e. The van der Waals surface area contributed by atoms with E-state index in [9.17, 15) is 0 Å². The van der Waals surface area contributed by atoms with Gasteiger partial charge >= 0.3 is 0 Å². The Labute approximate surface area is 156 Å². The van der Waals surface area contributed by atoms with Crippen molar-refractivity contribution in [2.75, 3.05) is 5.32 Å². The van der Waals surface area contributed by atoms with Gasteiger partial charge < -0.3 is 5.32 Å². The minimum absolute atomic E-state index is 1.10. The maximum absolute atomic E-state index is 3.61. The van der Waals surface area contributed by atoms with Gasteiger partial charge in [-0.2, -0.15) is 0 Å². The number of para-hydroxylation sites is 1. The Bertz CT molecular complexity index is 1190. The molecule has 4 aromatic carbocycles. The van der Waals surface area contributed by atoms with Crippen LogP contribution in [0, 0.1) is 0 Å². The summed E-state index contributed by atoms with van der Waals surface area (Å²) in [7, 11) is 0.